The molecule has 40 heavy (non-hydrogen) atoms. The van der Waals surface area contributed by atoms with Gasteiger partial charge in [0, 0.05) is 12.6 Å². The van der Waals surface area contributed by atoms with Crippen molar-refractivity contribution in [1.29, 1.82) is 0 Å². The quantitative estimate of drug-likeness (QED) is 0.311. The second-order valence-corrected chi connectivity index (χ2v) is 11.9. The third kappa shape index (κ3) is 5.10. The zero-order valence-corrected chi connectivity index (χ0v) is 22.3. The zero-order valence-electron chi connectivity index (χ0n) is 21.5. The van der Waals surface area contributed by atoms with Crippen molar-refractivity contribution in [3.05, 3.63) is 82.1 Å². The molecule has 0 unspecified atom stereocenters. The molecule has 2 aliphatic rings. The van der Waals surface area contributed by atoms with Gasteiger partial charge < -0.3 is 11.1 Å². The predicted octanol–water partition coefficient (Wildman–Crippen LogP) is 4.90. The van der Waals surface area contributed by atoms with Gasteiger partial charge in [-0.15, -0.1) is 0 Å². The number of nitrogens with two attached hydrogens (primary N) is 2. The molecule has 1 aromatic heterocycles. The molecule has 1 heterocycles. The van der Waals surface area contributed by atoms with Crippen LogP contribution in [0.4, 0.5) is 34.8 Å². The number of amides is 1. The van der Waals surface area contributed by atoms with E-state index in [9.17, 15) is 17.6 Å². The maximum absolute atomic E-state index is 15.6. The number of nitrogens with zero attached hydrogens (tertiary/aromatic N) is 2. The Kier molecular flexibility index (Phi) is 6.99. The van der Waals surface area contributed by atoms with Gasteiger partial charge in [0.15, 0.2) is 23.3 Å². The first-order chi connectivity index (χ1) is 18.8. The molecule has 3 aromatic rings. The van der Waals surface area contributed by atoms with Crippen LogP contribution in [0.1, 0.15) is 72.0 Å². The number of hydrogen-bond acceptors (Lipinski definition) is 5. The number of primary amides is 1. The topological polar surface area (TPSA) is 131 Å². The molecule has 0 saturated heterocycles. The van der Waals surface area contributed by atoms with Gasteiger partial charge in [0.05, 0.1) is 22.5 Å². The Hall–Kier alpha value is -3.71. The van der Waals surface area contributed by atoms with Gasteiger partial charge in [0.2, 0.25) is 0 Å². The number of halogens is 4. The number of rotatable bonds is 9. The number of carbonyl (C=O) groups excluding carboxylic acids is 1. The normalized spacial score (nSPS) is 16.4. The highest BCUT2D eigenvalue weighted by Gasteiger charge is 2.45. The molecule has 8 nitrogen and oxygen atoms in total. The summed E-state index contributed by atoms with van der Waals surface area (Å²) in [4.78, 5) is 16.1. The summed E-state index contributed by atoms with van der Waals surface area (Å²) >= 11 is 0. The number of anilines is 3. The van der Waals surface area contributed by atoms with Crippen molar-refractivity contribution in [2.24, 2.45) is 10.9 Å². The molecule has 0 bridgehead atoms. The first-order valence-electron chi connectivity index (χ1n) is 12.6. The highest BCUT2D eigenvalue weighted by Crippen LogP contribution is 2.43. The molecule has 0 spiro atoms. The van der Waals surface area contributed by atoms with E-state index in [1.54, 1.807) is 13.0 Å². The fourth-order valence-corrected chi connectivity index (χ4v) is 6.26. The Morgan fingerprint density at radius 1 is 1.07 bits per heavy atom. The van der Waals surface area contributed by atoms with E-state index in [2.05, 4.69) is 10.3 Å². The fraction of sp³-hybridized carbons (Fsp3) is 0.333. The van der Waals surface area contributed by atoms with Gasteiger partial charge >= 0.3 is 10.2 Å². The summed E-state index contributed by atoms with van der Waals surface area (Å²) in [6, 6.07) is 6.45. The van der Waals surface area contributed by atoms with Gasteiger partial charge in [-0.05, 0) is 85.9 Å². The molecule has 0 atom stereocenters. The van der Waals surface area contributed by atoms with Crippen LogP contribution >= 0.6 is 0 Å². The van der Waals surface area contributed by atoms with Crippen molar-refractivity contribution in [3.8, 4) is 0 Å². The van der Waals surface area contributed by atoms with Crippen LogP contribution in [0, 0.1) is 23.3 Å². The Morgan fingerprint density at radius 3 is 2.33 bits per heavy atom. The molecule has 13 heteroatoms. The average molecular weight is 578 g/mol. The molecule has 2 aromatic carbocycles. The standard InChI is InChI=1S/C27H27F4N5O3S/c1-27(8-2-9-27)36(40(33,38)39)26-22(30)16(7-10-34-26)11-17-12-18(25(32)37)24(23(31)21(17)29)35-20-6-5-15(13-19(20)28)14-3-4-14/h5-7,10,12-14,35H,2-4,8-9,11H2,1H3,(H2,32,37)(H2,33,38,39). The minimum Gasteiger partial charge on any atom is -0.366 e. The predicted molar refractivity (Wildman–Crippen MR) is 141 cm³/mol. The number of carbonyl (C=O) groups is 1. The molecule has 1 amide bonds. The number of pyridine rings is 1. The van der Waals surface area contributed by atoms with Crippen LogP contribution in [-0.4, -0.2) is 24.8 Å². The summed E-state index contributed by atoms with van der Waals surface area (Å²) in [5.74, 6) is -6.18. The molecular weight excluding hydrogens is 550 g/mol. The fourth-order valence-electron chi connectivity index (χ4n) is 5.09. The highest BCUT2D eigenvalue weighted by molar-refractivity contribution is 7.90. The SMILES string of the molecule is CC1(N(c2nccc(Cc3cc(C(N)=O)c(Nc4ccc(C5CC5)cc4F)c(F)c3F)c2F)S(N)(=O)=O)CCC1. The molecular formula is C27H27F4N5O3S. The van der Waals surface area contributed by atoms with Crippen LogP contribution in [0.3, 0.4) is 0 Å². The van der Waals surface area contributed by atoms with E-state index in [-0.39, 0.29) is 17.2 Å². The van der Waals surface area contributed by atoms with Crippen LogP contribution in [0.5, 0.6) is 0 Å². The lowest BCUT2D eigenvalue weighted by molar-refractivity contribution is 0.100. The Bertz CT molecular complexity index is 1620. The van der Waals surface area contributed by atoms with Gasteiger partial charge in [-0.3, -0.25) is 4.79 Å². The van der Waals surface area contributed by atoms with Gasteiger partial charge in [0.1, 0.15) is 5.82 Å². The second-order valence-electron chi connectivity index (χ2n) is 10.5. The van der Waals surface area contributed by atoms with Crippen LogP contribution < -0.4 is 20.5 Å². The van der Waals surface area contributed by atoms with E-state index in [1.807, 2.05) is 0 Å². The molecule has 2 aliphatic carbocycles. The lowest BCUT2D eigenvalue weighted by atomic mass is 9.78. The minimum atomic E-state index is -4.43. The van der Waals surface area contributed by atoms with E-state index >= 15 is 13.2 Å². The van der Waals surface area contributed by atoms with Gasteiger partial charge in [-0.25, -0.2) is 32.0 Å². The van der Waals surface area contributed by atoms with Crippen molar-refractivity contribution in [3.63, 3.8) is 0 Å². The molecule has 5 rings (SSSR count). The van der Waals surface area contributed by atoms with Crippen molar-refractivity contribution in [1.82, 2.24) is 4.98 Å². The smallest absolute Gasteiger partial charge is 0.300 e. The van der Waals surface area contributed by atoms with Crippen LogP contribution in [0.25, 0.3) is 0 Å². The maximum Gasteiger partial charge on any atom is 0.300 e. The number of benzene rings is 2. The molecule has 2 saturated carbocycles. The van der Waals surface area contributed by atoms with Crippen molar-refractivity contribution in [2.45, 2.75) is 56.9 Å². The maximum atomic E-state index is 15.6. The number of hydrogen-bond donors (Lipinski definition) is 3. The lowest BCUT2D eigenvalue weighted by Gasteiger charge is -2.46. The Balaban J connectivity index is 1.51. The van der Waals surface area contributed by atoms with E-state index in [4.69, 9.17) is 10.9 Å². The van der Waals surface area contributed by atoms with E-state index in [0.717, 1.165) is 30.7 Å². The summed E-state index contributed by atoms with van der Waals surface area (Å²) in [5, 5.41) is 7.82. The number of nitrogens with one attached hydrogen (secondary N) is 1. The third-order valence-electron chi connectivity index (χ3n) is 7.55. The largest absolute Gasteiger partial charge is 0.366 e. The van der Waals surface area contributed by atoms with Gasteiger partial charge in [-0.2, -0.15) is 8.42 Å². The van der Waals surface area contributed by atoms with Gasteiger partial charge in [0.25, 0.3) is 5.91 Å². The first-order valence-corrected chi connectivity index (χ1v) is 14.1. The van der Waals surface area contributed by atoms with E-state index in [0.29, 0.717) is 23.6 Å². The number of aromatic nitrogens is 1. The molecule has 0 aliphatic heterocycles. The lowest BCUT2D eigenvalue weighted by Crippen LogP contribution is -2.57. The summed E-state index contributed by atoms with van der Waals surface area (Å²) < 4.78 is 86.4. The van der Waals surface area contributed by atoms with Gasteiger partial charge in [-0.1, -0.05) is 6.07 Å². The summed E-state index contributed by atoms with van der Waals surface area (Å²) in [6.45, 7) is 1.61. The van der Waals surface area contributed by atoms with Crippen molar-refractivity contribution >= 4 is 33.3 Å². The third-order valence-corrected chi connectivity index (χ3v) is 8.67. The second kappa shape index (κ2) is 10.0. The highest BCUT2D eigenvalue weighted by atomic mass is 32.2. The van der Waals surface area contributed by atoms with Crippen molar-refractivity contribution < 1.29 is 30.8 Å². The summed E-state index contributed by atoms with van der Waals surface area (Å²) in [6.07, 6.45) is 3.99. The minimum absolute atomic E-state index is 0.185. The Morgan fingerprint density at radius 2 is 1.77 bits per heavy atom. The molecule has 5 N–H and O–H groups in total. The van der Waals surface area contributed by atoms with Crippen molar-refractivity contribution in [2.75, 3.05) is 9.62 Å². The Labute approximate surface area is 228 Å². The first kappa shape index (κ1) is 27.8. The van der Waals surface area contributed by atoms with E-state index in [1.165, 1.54) is 18.2 Å². The van der Waals surface area contributed by atoms with Crippen LogP contribution in [0.15, 0.2) is 36.5 Å². The summed E-state index contributed by atoms with van der Waals surface area (Å²) in [7, 11) is -4.43. The molecule has 0 radical (unpaired) electrons. The molecule has 212 valence electrons. The van der Waals surface area contributed by atoms with Crippen LogP contribution in [-0.2, 0) is 16.6 Å². The monoisotopic (exact) mass is 577 g/mol. The summed E-state index contributed by atoms with van der Waals surface area (Å²) in [5.41, 5.74) is 3.24. The zero-order chi connectivity index (χ0) is 29.0. The van der Waals surface area contributed by atoms with E-state index < -0.39 is 74.0 Å². The molecule has 2 fully saturated rings. The van der Waals surface area contributed by atoms with Crippen LogP contribution in [0.2, 0.25) is 0 Å². The average Bonchev–Trinajstić information content (AvgIpc) is 3.70.